The number of nitrogens with zero attached hydrogens (tertiary/aromatic N) is 2. The molecule has 0 radical (unpaired) electrons. The molecule has 0 atom stereocenters. The van der Waals surface area contributed by atoms with Crippen molar-refractivity contribution in [3.05, 3.63) is 51.3 Å². The van der Waals surface area contributed by atoms with Gasteiger partial charge in [-0.1, -0.05) is 28.1 Å². The number of aromatic nitrogens is 2. The van der Waals surface area contributed by atoms with E-state index in [-0.39, 0.29) is 5.91 Å². The Morgan fingerprint density at radius 1 is 1.38 bits per heavy atom. The van der Waals surface area contributed by atoms with Gasteiger partial charge in [0, 0.05) is 16.6 Å². The second kappa shape index (κ2) is 7.17. The van der Waals surface area contributed by atoms with Crippen LogP contribution in [0.25, 0.3) is 0 Å². The Kier molecular flexibility index (Phi) is 5.27. The average Bonchev–Trinajstić information content (AvgIpc) is 2.78. The van der Waals surface area contributed by atoms with Crippen molar-refractivity contribution in [1.82, 2.24) is 15.6 Å². The summed E-state index contributed by atoms with van der Waals surface area (Å²) in [6.07, 6.45) is 2.67. The lowest BCUT2D eigenvalue weighted by Crippen LogP contribution is -2.18. The summed E-state index contributed by atoms with van der Waals surface area (Å²) in [6.45, 7) is 3.89. The number of rotatable bonds is 5. The van der Waals surface area contributed by atoms with E-state index >= 15 is 0 Å². The Hall–Kier alpha value is -1.95. The van der Waals surface area contributed by atoms with Crippen LogP contribution in [0.2, 0.25) is 0 Å². The van der Waals surface area contributed by atoms with E-state index in [1.807, 2.05) is 38.1 Å². The predicted molar refractivity (Wildman–Crippen MR) is 86.3 cm³/mol. The van der Waals surface area contributed by atoms with Crippen LogP contribution < -0.4 is 5.43 Å². The molecule has 5 nitrogen and oxygen atoms in total. The van der Waals surface area contributed by atoms with Gasteiger partial charge >= 0.3 is 0 Å². The van der Waals surface area contributed by atoms with Crippen LogP contribution >= 0.6 is 15.9 Å². The Morgan fingerprint density at radius 3 is 2.71 bits per heavy atom. The third-order valence-electron chi connectivity index (χ3n) is 3.16. The highest BCUT2D eigenvalue weighted by Crippen LogP contribution is 2.11. The lowest BCUT2D eigenvalue weighted by Gasteiger charge is -2.01. The molecule has 0 unspecified atom stereocenters. The molecule has 21 heavy (non-hydrogen) atoms. The Morgan fingerprint density at radius 2 is 2.10 bits per heavy atom. The van der Waals surface area contributed by atoms with E-state index in [0.29, 0.717) is 12.8 Å². The van der Waals surface area contributed by atoms with Crippen molar-refractivity contribution in [3.8, 4) is 0 Å². The number of benzene rings is 1. The molecule has 0 saturated heterocycles. The van der Waals surface area contributed by atoms with Crippen LogP contribution in [0, 0.1) is 13.8 Å². The topological polar surface area (TPSA) is 70.1 Å². The van der Waals surface area contributed by atoms with Crippen LogP contribution in [0.4, 0.5) is 0 Å². The van der Waals surface area contributed by atoms with E-state index in [4.69, 9.17) is 0 Å². The van der Waals surface area contributed by atoms with E-state index in [1.54, 1.807) is 6.21 Å². The van der Waals surface area contributed by atoms with Crippen molar-refractivity contribution in [2.45, 2.75) is 26.7 Å². The molecule has 110 valence electrons. The average molecular weight is 349 g/mol. The van der Waals surface area contributed by atoms with E-state index in [9.17, 15) is 4.79 Å². The number of aryl methyl sites for hydroxylation is 2. The fourth-order valence-electron chi connectivity index (χ4n) is 1.96. The maximum Gasteiger partial charge on any atom is 0.240 e. The van der Waals surface area contributed by atoms with Crippen LogP contribution in [0.5, 0.6) is 0 Å². The standard InChI is InChI=1S/C15H17BrN4O/c1-10-14(11(2)19-18-10)7-8-15(21)20-17-9-12-3-5-13(16)6-4-12/h3-6,9H,7-8H2,1-2H3,(H,18,19)(H,20,21)/b17-9+. The van der Waals surface area contributed by atoms with E-state index in [1.165, 1.54) is 0 Å². The van der Waals surface area contributed by atoms with E-state index in [2.05, 4.69) is 36.7 Å². The first-order chi connectivity index (χ1) is 10.1. The van der Waals surface area contributed by atoms with Gasteiger partial charge < -0.3 is 0 Å². The molecule has 6 heteroatoms. The minimum absolute atomic E-state index is 0.108. The first kappa shape index (κ1) is 15.4. The molecule has 2 N–H and O–H groups in total. The first-order valence-electron chi connectivity index (χ1n) is 6.64. The molecule has 0 saturated carbocycles. The number of H-pyrrole nitrogens is 1. The van der Waals surface area contributed by atoms with Gasteiger partial charge in [0.05, 0.1) is 11.9 Å². The maximum absolute atomic E-state index is 11.7. The first-order valence-corrected chi connectivity index (χ1v) is 7.43. The molecule has 1 amide bonds. The monoisotopic (exact) mass is 348 g/mol. The van der Waals surface area contributed by atoms with Gasteiger partial charge in [-0.2, -0.15) is 10.2 Å². The van der Waals surface area contributed by atoms with Gasteiger partial charge in [-0.25, -0.2) is 5.43 Å². The maximum atomic E-state index is 11.7. The molecule has 1 aromatic heterocycles. The predicted octanol–water partition coefficient (Wildman–Crippen LogP) is 2.87. The van der Waals surface area contributed by atoms with Crippen molar-refractivity contribution in [2.75, 3.05) is 0 Å². The number of hydrazone groups is 1. The Bertz CT molecular complexity index is 627. The molecule has 0 bridgehead atoms. The van der Waals surface area contributed by atoms with Crippen LogP contribution in [0.15, 0.2) is 33.8 Å². The lowest BCUT2D eigenvalue weighted by molar-refractivity contribution is -0.121. The zero-order valence-corrected chi connectivity index (χ0v) is 13.6. The van der Waals surface area contributed by atoms with Crippen molar-refractivity contribution >= 4 is 28.1 Å². The normalized spacial score (nSPS) is 11.0. The van der Waals surface area contributed by atoms with Gasteiger partial charge in [0.25, 0.3) is 0 Å². The summed E-state index contributed by atoms with van der Waals surface area (Å²) >= 11 is 3.37. The minimum Gasteiger partial charge on any atom is -0.282 e. The van der Waals surface area contributed by atoms with E-state index < -0.39 is 0 Å². The molecule has 2 aromatic rings. The summed E-state index contributed by atoms with van der Waals surface area (Å²) < 4.78 is 1.01. The summed E-state index contributed by atoms with van der Waals surface area (Å²) in [5, 5.41) is 11.0. The Balaban J connectivity index is 1.81. The zero-order valence-electron chi connectivity index (χ0n) is 12.0. The fourth-order valence-corrected chi connectivity index (χ4v) is 2.23. The van der Waals surface area contributed by atoms with Gasteiger partial charge in [0.15, 0.2) is 0 Å². The molecule has 0 aliphatic carbocycles. The summed E-state index contributed by atoms with van der Waals surface area (Å²) in [6, 6.07) is 7.68. The zero-order chi connectivity index (χ0) is 15.2. The van der Waals surface area contributed by atoms with Crippen molar-refractivity contribution < 1.29 is 4.79 Å². The van der Waals surface area contributed by atoms with Gasteiger partial charge in [-0.15, -0.1) is 0 Å². The highest BCUT2D eigenvalue weighted by molar-refractivity contribution is 9.10. The fraction of sp³-hybridized carbons (Fsp3) is 0.267. The quantitative estimate of drug-likeness (QED) is 0.644. The van der Waals surface area contributed by atoms with Crippen molar-refractivity contribution in [3.63, 3.8) is 0 Å². The van der Waals surface area contributed by atoms with Gasteiger partial charge in [-0.05, 0) is 43.5 Å². The molecule has 1 heterocycles. The van der Waals surface area contributed by atoms with Crippen molar-refractivity contribution in [2.24, 2.45) is 5.10 Å². The van der Waals surface area contributed by atoms with Gasteiger partial charge in [0.1, 0.15) is 0 Å². The van der Waals surface area contributed by atoms with Crippen LogP contribution in [0.1, 0.15) is 28.9 Å². The summed E-state index contributed by atoms with van der Waals surface area (Å²) in [5.41, 5.74) is 6.52. The molecule has 0 aliphatic heterocycles. The largest absolute Gasteiger partial charge is 0.282 e. The molecular weight excluding hydrogens is 332 g/mol. The molecular formula is C15H17BrN4O. The number of carbonyl (C=O) groups is 1. The number of nitrogens with one attached hydrogen (secondary N) is 2. The van der Waals surface area contributed by atoms with Gasteiger partial charge in [0.2, 0.25) is 5.91 Å². The molecule has 1 aromatic carbocycles. The summed E-state index contributed by atoms with van der Waals surface area (Å²) in [7, 11) is 0. The smallest absolute Gasteiger partial charge is 0.240 e. The number of carbonyl (C=O) groups excluding carboxylic acids is 1. The van der Waals surface area contributed by atoms with Crippen LogP contribution in [-0.4, -0.2) is 22.3 Å². The van der Waals surface area contributed by atoms with Crippen molar-refractivity contribution in [1.29, 1.82) is 0 Å². The van der Waals surface area contributed by atoms with Gasteiger partial charge in [-0.3, -0.25) is 9.89 Å². The Labute approximate surface area is 132 Å². The molecule has 2 rings (SSSR count). The highest BCUT2D eigenvalue weighted by Gasteiger charge is 2.08. The third kappa shape index (κ3) is 4.53. The number of aromatic amines is 1. The number of hydrogen-bond acceptors (Lipinski definition) is 3. The summed E-state index contributed by atoms with van der Waals surface area (Å²) in [5.74, 6) is -0.108. The number of amides is 1. The molecule has 0 spiro atoms. The molecule has 0 aliphatic rings. The second-order valence-corrected chi connectivity index (χ2v) is 5.67. The van der Waals surface area contributed by atoms with Crippen LogP contribution in [-0.2, 0) is 11.2 Å². The minimum atomic E-state index is -0.108. The lowest BCUT2D eigenvalue weighted by atomic mass is 10.1. The summed E-state index contributed by atoms with van der Waals surface area (Å²) in [4.78, 5) is 11.7. The molecule has 0 fully saturated rings. The second-order valence-electron chi connectivity index (χ2n) is 4.76. The highest BCUT2D eigenvalue weighted by atomic mass is 79.9. The van der Waals surface area contributed by atoms with E-state index in [0.717, 1.165) is 27.0 Å². The SMILES string of the molecule is Cc1n[nH]c(C)c1CCC(=O)N/N=C/c1ccc(Br)cc1. The third-order valence-corrected chi connectivity index (χ3v) is 3.68. The number of hydrogen-bond donors (Lipinski definition) is 2. The number of halogens is 1. The van der Waals surface area contributed by atoms with Crippen LogP contribution in [0.3, 0.4) is 0 Å².